The molecule has 138 valence electrons. The summed E-state index contributed by atoms with van der Waals surface area (Å²) >= 11 is 0. The standard InChI is InChI=1S/C16H27N3O3S.ClH/c1-4-8-23(21,22)19-14-7-5-6-13(10-14)16(20)18-15(11-17)9-12(2)3;/h5-7,10,12,15,19H,4,8-9,11,17H2,1-3H3,(H,18,20);1H. The molecule has 1 atom stereocenters. The van der Waals surface area contributed by atoms with Crippen LogP contribution in [0.2, 0.25) is 0 Å². The van der Waals surface area contributed by atoms with Crippen LogP contribution in [0.5, 0.6) is 0 Å². The van der Waals surface area contributed by atoms with Crippen LogP contribution in [0.4, 0.5) is 5.69 Å². The van der Waals surface area contributed by atoms with Crippen LogP contribution in [0, 0.1) is 5.92 Å². The van der Waals surface area contributed by atoms with E-state index in [4.69, 9.17) is 5.73 Å². The van der Waals surface area contributed by atoms with Crippen LogP contribution in [0.1, 0.15) is 44.0 Å². The Morgan fingerprint density at radius 2 is 1.96 bits per heavy atom. The summed E-state index contributed by atoms with van der Waals surface area (Å²) in [6.45, 7) is 6.30. The zero-order chi connectivity index (χ0) is 17.5. The third kappa shape index (κ3) is 7.99. The van der Waals surface area contributed by atoms with E-state index in [9.17, 15) is 13.2 Å². The van der Waals surface area contributed by atoms with Crippen molar-refractivity contribution in [2.24, 2.45) is 11.7 Å². The van der Waals surface area contributed by atoms with Crippen LogP contribution < -0.4 is 15.8 Å². The largest absolute Gasteiger partial charge is 0.348 e. The zero-order valence-corrected chi connectivity index (χ0v) is 16.0. The number of hydrogen-bond acceptors (Lipinski definition) is 4. The van der Waals surface area contributed by atoms with Gasteiger partial charge in [-0.15, -0.1) is 12.4 Å². The lowest BCUT2D eigenvalue weighted by atomic mass is 10.0. The SMILES string of the molecule is CCCS(=O)(=O)Nc1cccc(C(=O)NC(CN)CC(C)C)c1.Cl. The maximum atomic E-state index is 12.3. The van der Waals surface area contributed by atoms with E-state index in [1.165, 1.54) is 6.07 Å². The van der Waals surface area contributed by atoms with Crippen molar-refractivity contribution in [3.05, 3.63) is 29.8 Å². The Hall–Kier alpha value is -1.31. The molecule has 24 heavy (non-hydrogen) atoms. The molecule has 0 aromatic heterocycles. The van der Waals surface area contributed by atoms with Gasteiger partial charge >= 0.3 is 0 Å². The fourth-order valence-corrected chi connectivity index (χ4v) is 3.40. The number of sulfonamides is 1. The Balaban J connectivity index is 0.00000529. The lowest BCUT2D eigenvalue weighted by molar-refractivity contribution is 0.0934. The summed E-state index contributed by atoms with van der Waals surface area (Å²) in [5, 5.41) is 2.89. The van der Waals surface area contributed by atoms with Crippen molar-refractivity contribution in [1.82, 2.24) is 5.32 Å². The van der Waals surface area contributed by atoms with Crippen LogP contribution in [-0.4, -0.2) is 32.7 Å². The van der Waals surface area contributed by atoms with Crippen LogP contribution in [-0.2, 0) is 10.0 Å². The maximum absolute atomic E-state index is 12.3. The van der Waals surface area contributed by atoms with Gasteiger partial charge in [-0.3, -0.25) is 9.52 Å². The number of benzene rings is 1. The number of hydrogen-bond donors (Lipinski definition) is 3. The molecule has 0 heterocycles. The van der Waals surface area contributed by atoms with Crippen LogP contribution >= 0.6 is 12.4 Å². The molecular formula is C16H28ClN3O3S. The molecule has 0 saturated heterocycles. The van der Waals surface area contributed by atoms with E-state index in [0.29, 0.717) is 30.1 Å². The number of anilines is 1. The molecule has 8 heteroatoms. The highest BCUT2D eigenvalue weighted by atomic mass is 35.5. The molecule has 0 aliphatic heterocycles. The van der Waals surface area contributed by atoms with Gasteiger partial charge in [-0.05, 0) is 37.0 Å². The molecule has 0 radical (unpaired) electrons. The van der Waals surface area contributed by atoms with Crippen molar-refractivity contribution in [2.75, 3.05) is 17.0 Å². The Kier molecular flexibility index (Phi) is 9.96. The molecule has 1 aromatic carbocycles. The third-order valence-corrected chi connectivity index (χ3v) is 4.74. The number of nitrogens with two attached hydrogens (primary N) is 1. The minimum Gasteiger partial charge on any atom is -0.348 e. The van der Waals surface area contributed by atoms with Gasteiger partial charge in [0.15, 0.2) is 0 Å². The highest BCUT2D eigenvalue weighted by Crippen LogP contribution is 2.13. The minimum atomic E-state index is -3.37. The summed E-state index contributed by atoms with van der Waals surface area (Å²) in [4.78, 5) is 12.3. The summed E-state index contributed by atoms with van der Waals surface area (Å²) in [6.07, 6.45) is 1.33. The topological polar surface area (TPSA) is 101 Å². The fourth-order valence-electron chi connectivity index (χ4n) is 2.28. The van der Waals surface area contributed by atoms with Crippen molar-refractivity contribution in [1.29, 1.82) is 0 Å². The lowest BCUT2D eigenvalue weighted by Crippen LogP contribution is -2.41. The second kappa shape index (κ2) is 10.5. The van der Waals surface area contributed by atoms with Gasteiger partial charge in [0.05, 0.1) is 5.75 Å². The van der Waals surface area contributed by atoms with Crippen LogP contribution in [0.25, 0.3) is 0 Å². The molecule has 1 rings (SSSR count). The summed E-state index contributed by atoms with van der Waals surface area (Å²) < 4.78 is 26.1. The highest BCUT2D eigenvalue weighted by Gasteiger charge is 2.15. The number of halogens is 1. The third-order valence-electron chi connectivity index (χ3n) is 3.25. The number of carbonyl (C=O) groups excluding carboxylic acids is 1. The molecule has 1 amide bonds. The van der Waals surface area contributed by atoms with Crippen LogP contribution in [0.3, 0.4) is 0 Å². The van der Waals surface area contributed by atoms with Gasteiger partial charge in [-0.2, -0.15) is 0 Å². The quantitative estimate of drug-likeness (QED) is 0.614. The average Bonchev–Trinajstić information content (AvgIpc) is 2.45. The number of amides is 1. The van der Waals surface area contributed by atoms with E-state index < -0.39 is 10.0 Å². The highest BCUT2D eigenvalue weighted by molar-refractivity contribution is 7.92. The normalized spacial score (nSPS) is 12.4. The van der Waals surface area contributed by atoms with Crippen LogP contribution in [0.15, 0.2) is 24.3 Å². The number of nitrogens with one attached hydrogen (secondary N) is 2. The summed E-state index contributed by atoms with van der Waals surface area (Å²) in [5.74, 6) is 0.223. The summed E-state index contributed by atoms with van der Waals surface area (Å²) in [5.41, 5.74) is 6.48. The molecule has 0 saturated carbocycles. The number of carbonyl (C=O) groups is 1. The molecule has 0 fully saturated rings. The number of rotatable bonds is 9. The van der Waals surface area contributed by atoms with Crippen molar-refractivity contribution < 1.29 is 13.2 Å². The van der Waals surface area contributed by atoms with Gasteiger partial charge in [0.1, 0.15) is 0 Å². The first-order valence-electron chi connectivity index (χ1n) is 7.89. The molecule has 6 nitrogen and oxygen atoms in total. The smallest absolute Gasteiger partial charge is 0.251 e. The van der Waals surface area contributed by atoms with Crippen molar-refractivity contribution >= 4 is 34.0 Å². The van der Waals surface area contributed by atoms with Gasteiger partial charge < -0.3 is 11.1 Å². The van der Waals surface area contributed by atoms with Crippen molar-refractivity contribution in [3.63, 3.8) is 0 Å². The van der Waals surface area contributed by atoms with Gasteiger partial charge in [0.2, 0.25) is 10.0 Å². The second-order valence-corrected chi connectivity index (χ2v) is 7.88. The zero-order valence-electron chi connectivity index (χ0n) is 14.4. The van der Waals surface area contributed by atoms with E-state index in [1.54, 1.807) is 25.1 Å². The molecule has 0 bridgehead atoms. The Morgan fingerprint density at radius 3 is 2.50 bits per heavy atom. The first-order valence-corrected chi connectivity index (χ1v) is 9.54. The molecular weight excluding hydrogens is 350 g/mol. The Morgan fingerprint density at radius 1 is 1.29 bits per heavy atom. The average molecular weight is 378 g/mol. The van der Waals surface area contributed by atoms with Gasteiger partial charge in [-0.1, -0.05) is 26.8 Å². The van der Waals surface area contributed by atoms with E-state index in [-0.39, 0.29) is 30.1 Å². The first kappa shape index (κ1) is 22.7. The maximum Gasteiger partial charge on any atom is 0.251 e. The molecule has 4 N–H and O–H groups in total. The summed E-state index contributed by atoms with van der Waals surface area (Å²) in [6, 6.07) is 6.36. The fraction of sp³-hybridized carbons (Fsp3) is 0.562. The predicted molar refractivity (Wildman–Crippen MR) is 101 cm³/mol. The molecule has 0 aliphatic rings. The lowest BCUT2D eigenvalue weighted by Gasteiger charge is -2.19. The van der Waals surface area contributed by atoms with Gasteiger partial charge in [-0.25, -0.2) is 8.42 Å². The molecule has 0 spiro atoms. The van der Waals surface area contributed by atoms with E-state index in [2.05, 4.69) is 23.9 Å². The summed E-state index contributed by atoms with van der Waals surface area (Å²) in [7, 11) is -3.37. The second-order valence-electron chi connectivity index (χ2n) is 6.04. The Bertz CT molecular complexity index is 621. The van der Waals surface area contributed by atoms with E-state index in [0.717, 1.165) is 6.42 Å². The first-order chi connectivity index (χ1) is 10.8. The van der Waals surface area contributed by atoms with Gasteiger partial charge in [0.25, 0.3) is 5.91 Å². The van der Waals surface area contributed by atoms with Gasteiger partial charge in [0, 0.05) is 23.8 Å². The monoisotopic (exact) mass is 377 g/mol. The molecule has 1 aromatic rings. The van der Waals surface area contributed by atoms with E-state index in [1.807, 2.05) is 0 Å². The minimum absolute atomic E-state index is 0. The van der Waals surface area contributed by atoms with E-state index >= 15 is 0 Å². The van der Waals surface area contributed by atoms with Crippen molar-refractivity contribution in [3.8, 4) is 0 Å². The predicted octanol–water partition coefficient (Wildman–Crippen LogP) is 2.36. The molecule has 0 aliphatic carbocycles. The molecule has 1 unspecified atom stereocenters. The van der Waals surface area contributed by atoms with Crippen molar-refractivity contribution in [2.45, 2.75) is 39.7 Å². The Labute approximate surface area is 151 Å².